The van der Waals surface area contributed by atoms with E-state index < -0.39 is 46.4 Å². The molecule has 1 aliphatic heterocycles. The molecule has 0 saturated carbocycles. The van der Waals surface area contributed by atoms with Crippen molar-refractivity contribution in [2.75, 3.05) is 25.6 Å². The van der Waals surface area contributed by atoms with Crippen LogP contribution in [0.5, 0.6) is 0 Å². The number of nitrogen functional groups attached to an aromatic ring is 1. The van der Waals surface area contributed by atoms with Crippen molar-refractivity contribution in [1.29, 1.82) is 0 Å². The molecule has 13 nitrogen and oxygen atoms in total. The Morgan fingerprint density at radius 2 is 1.71 bits per heavy atom. The molecule has 0 aromatic carbocycles. The fraction of sp³-hybridized carbons (Fsp3) is 0.765. The number of ether oxygens (including phenoxy) is 1. The van der Waals surface area contributed by atoms with Crippen molar-refractivity contribution in [3.05, 3.63) is 22.7 Å². The van der Waals surface area contributed by atoms with Crippen LogP contribution in [0.15, 0.2) is 17.1 Å². The van der Waals surface area contributed by atoms with Crippen molar-refractivity contribution in [2.24, 2.45) is 0 Å². The zero-order chi connectivity index (χ0) is 23.8. The Labute approximate surface area is 283 Å². The minimum atomic E-state index is -4.72. The third-order valence-corrected chi connectivity index (χ3v) is 6.49. The van der Waals surface area contributed by atoms with E-state index in [9.17, 15) is 23.7 Å². The summed E-state index contributed by atoms with van der Waals surface area (Å²) in [5, 5.41) is 0. The summed E-state index contributed by atoms with van der Waals surface area (Å²) in [6.45, 7) is 3.05. The van der Waals surface area contributed by atoms with Gasteiger partial charge in [-0.3, -0.25) is 13.7 Å². The third kappa shape index (κ3) is 12.8. The molecule has 0 amide bonds. The van der Waals surface area contributed by atoms with Crippen molar-refractivity contribution >= 4 is 21.5 Å². The molecular weight excluding hydrogens is 546 g/mol. The number of rotatable bonds is 14. The molecule has 1 saturated heterocycles. The standard InChI is InChI=1S/C17H31N3O10P2.2K/c1-3-5-9-26-31(22,23)28-12-14-13(30-32(24,25)27-10-6-4-2)11-16(29-14)20-8-7-15(18)19-17(20)21;;/h7-8,13-14,16H,3-6,9-12H2,1-2H3,(H,22,23)(H,24,25)(H2,18,19,21);;/q;2*+1/p-2/t13-,14+,16+;;/m0../s1. The first kappa shape index (κ1) is 36.1. The molecule has 2 heterocycles. The van der Waals surface area contributed by atoms with E-state index in [2.05, 4.69) is 4.98 Å². The maximum atomic E-state index is 12.2. The largest absolute Gasteiger partial charge is 1.00 e. The number of anilines is 1. The molecule has 184 valence electrons. The van der Waals surface area contributed by atoms with Gasteiger partial charge in [-0.25, -0.2) is 4.79 Å². The van der Waals surface area contributed by atoms with Crippen LogP contribution in [-0.2, 0) is 32.0 Å². The Kier molecular flexibility index (Phi) is 18.8. The van der Waals surface area contributed by atoms with Crippen LogP contribution in [0.4, 0.5) is 5.82 Å². The van der Waals surface area contributed by atoms with Gasteiger partial charge in [-0.2, -0.15) is 4.98 Å². The summed E-state index contributed by atoms with van der Waals surface area (Å²) in [4.78, 5) is 39.8. The number of unbranched alkanes of at least 4 members (excludes halogenated alkanes) is 2. The minimum absolute atomic E-state index is 0. The minimum Gasteiger partial charge on any atom is -0.756 e. The quantitative estimate of drug-likeness (QED) is 0.127. The monoisotopic (exact) mass is 575 g/mol. The zero-order valence-corrected chi connectivity index (χ0v) is 28.0. The first-order valence-electron chi connectivity index (χ1n) is 10.3. The van der Waals surface area contributed by atoms with Gasteiger partial charge in [0.1, 0.15) is 18.1 Å². The van der Waals surface area contributed by atoms with Gasteiger partial charge in [-0.15, -0.1) is 0 Å². The molecule has 17 heteroatoms. The van der Waals surface area contributed by atoms with Gasteiger partial charge in [-0.05, 0) is 18.9 Å². The number of phosphoric ester groups is 2. The molecule has 0 spiro atoms. The Morgan fingerprint density at radius 1 is 1.12 bits per heavy atom. The molecule has 1 fully saturated rings. The van der Waals surface area contributed by atoms with Gasteiger partial charge in [0.15, 0.2) is 0 Å². The molecular formula is C17H29K2N3O10P2. The van der Waals surface area contributed by atoms with E-state index in [0.29, 0.717) is 12.8 Å². The second-order valence-corrected chi connectivity index (χ2v) is 9.89. The van der Waals surface area contributed by atoms with Gasteiger partial charge < -0.3 is 38.4 Å². The Balaban J connectivity index is 0.00000544. The molecule has 2 unspecified atom stereocenters. The Bertz CT molecular complexity index is 893. The normalized spacial score (nSPS) is 23.4. The number of aromatic nitrogens is 2. The van der Waals surface area contributed by atoms with Gasteiger partial charge in [0.2, 0.25) is 0 Å². The number of hydrogen-bond donors (Lipinski definition) is 1. The Hall–Kier alpha value is 2.13. The first-order valence-corrected chi connectivity index (χ1v) is 13.2. The van der Waals surface area contributed by atoms with Crippen molar-refractivity contribution in [3.8, 4) is 0 Å². The summed E-state index contributed by atoms with van der Waals surface area (Å²) >= 11 is 0. The van der Waals surface area contributed by atoms with Crippen LogP contribution in [0.1, 0.15) is 52.2 Å². The van der Waals surface area contributed by atoms with Crippen LogP contribution in [0.25, 0.3) is 0 Å². The molecule has 1 aliphatic rings. The van der Waals surface area contributed by atoms with Crippen LogP contribution >= 0.6 is 15.6 Å². The van der Waals surface area contributed by atoms with Crippen molar-refractivity contribution < 1.29 is 145 Å². The predicted molar refractivity (Wildman–Crippen MR) is 109 cm³/mol. The summed E-state index contributed by atoms with van der Waals surface area (Å²) in [5.74, 6) is 0.00170. The van der Waals surface area contributed by atoms with Crippen LogP contribution in [0.3, 0.4) is 0 Å². The summed E-state index contributed by atoms with van der Waals surface area (Å²) in [7, 11) is -9.36. The zero-order valence-electron chi connectivity index (χ0n) is 20.0. The second-order valence-electron chi connectivity index (χ2n) is 7.11. The van der Waals surface area contributed by atoms with E-state index in [1.54, 1.807) is 0 Å². The van der Waals surface area contributed by atoms with Crippen molar-refractivity contribution in [3.63, 3.8) is 0 Å². The summed E-state index contributed by atoms with van der Waals surface area (Å²) < 4.78 is 50.4. The second kappa shape index (κ2) is 17.7. The molecule has 34 heavy (non-hydrogen) atoms. The molecule has 0 radical (unpaired) electrons. The maximum Gasteiger partial charge on any atom is 1.00 e. The average Bonchev–Trinajstić information content (AvgIpc) is 3.08. The van der Waals surface area contributed by atoms with Crippen molar-refractivity contribution in [2.45, 2.75) is 64.4 Å². The molecule has 2 rings (SSSR count). The number of nitrogens with two attached hydrogens (primary N) is 1. The van der Waals surface area contributed by atoms with Crippen LogP contribution in [0, 0.1) is 0 Å². The van der Waals surface area contributed by atoms with Crippen LogP contribution in [0.2, 0.25) is 0 Å². The smallest absolute Gasteiger partial charge is 0.756 e. The maximum absolute atomic E-state index is 12.2. The average molecular weight is 576 g/mol. The van der Waals surface area contributed by atoms with Gasteiger partial charge in [0.25, 0.3) is 15.6 Å². The summed E-state index contributed by atoms with van der Waals surface area (Å²) in [6, 6.07) is 1.37. The molecule has 1 aromatic heterocycles. The van der Waals surface area contributed by atoms with E-state index in [4.69, 9.17) is 28.6 Å². The topological polar surface area (TPSA) is 187 Å². The summed E-state index contributed by atoms with van der Waals surface area (Å²) in [5.41, 5.74) is 4.76. The fourth-order valence-electron chi connectivity index (χ4n) is 2.82. The predicted octanol–water partition coefficient (Wildman–Crippen LogP) is -4.91. The van der Waals surface area contributed by atoms with E-state index in [0.717, 1.165) is 17.4 Å². The van der Waals surface area contributed by atoms with E-state index in [1.807, 2.05) is 13.8 Å². The molecule has 5 atom stereocenters. The van der Waals surface area contributed by atoms with Crippen LogP contribution < -0.4 is 124 Å². The molecule has 0 aliphatic carbocycles. The van der Waals surface area contributed by atoms with Gasteiger partial charge >= 0.3 is 108 Å². The summed E-state index contributed by atoms with van der Waals surface area (Å²) in [6.07, 6.45) is 0.372. The number of hydrogen-bond acceptors (Lipinski definition) is 12. The van der Waals surface area contributed by atoms with E-state index in [-0.39, 0.29) is 128 Å². The van der Waals surface area contributed by atoms with Gasteiger partial charge in [0.05, 0.1) is 25.9 Å². The van der Waals surface area contributed by atoms with Crippen molar-refractivity contribution in [1.82, 2.24) is 9.55 Å². The Morgan fingerprint density at radius 3 is 2.26 bits per heavy atom. The van der Waals surface area contributed by atoms with Crippen LogP contribution in [-0.4, -0.2) is 41.6 Å². The first-order chi connectivity index (χ1) is 15.1. The number of nitrogens with zero attached hydrogens (tertiary/aromatic N) is 2. The molecule has 2 N–H and O–H groups in total. The fourth-order valence-corrected chi connectivity index (χ4v) is 4.54. The SMILES string of the molecule is CCCCOP(=O)([O-])OC[C@H]1O[C@@H](n2ccc(N)nc2=O)C[C@@H]1OP(=O)([O-])OCCCC.[K+].[K+]. The number of phosphoric acid groups is 2. The van der Waals surface area contributed by atoms with E-state index >= 15 is 0 Å². The third-order valence-electron chi connectivity index (χ3n) is 4.50. The van der Waals surface area contributed by atoms with Gasteiger partial charge in [0, 0.05) is 12.6 Å². The van der Waals surface area contributed by atoms with Gasteiger partial charge in [-0.1, -0.05) is 26.7 Å². The molecule has 0 bridgehead atoms. The van der Waals surface area contributed by atoms with E-state index in [1.165, 1.54) is 12.3 Å². The molecule has 1 aromatic rings.